The average molecular weight is 278 g/mol. The van der Waals surface area contributed by atoms with Crippen molar-refractivity contribution in [3.05, 3.63) is 41.2 Å². The molecule has 0 unspecified atom stereocenters. The molecule has 0 aliphatic carbocycles. The lowest BCUT2D eigenvalue weighted by Gasteiger charge is -2.30. The molecule has 1 N–H and O–H groups in total. The van der Waals surface area contributed by atoms with Gasteiger partial charge in [-0.05, 0) is 48.2 Å². The van der Waals surface area contributed by atoms with Crippen LogP contribution in [0.2, 0.25) is 5.02 Å². The third kappa shape index (κ3) is 2.77. The van der Waals surface area contributed by atoms with Crippen molar-refractivity contribution in [2.45, 2.75) is 18.9 Å². The molecule has 1 aliphatic rings. The maximum absolute atomic E-state index is 5.96. The summed E-state index contributed by atoms with van der Waals surface area (Å²) in [5.74, 6) is 0.476. The van der Waals surface area contributed by atoms with E-state index in [0.717, 1.165) is 18.1 Å². The molecule has 2 aromatic rings. The summed E-state index contributed by atoms with van der Waals surface area (Å²) in [7, 11) is 0. The minimum absolute atomic E-state index is 0.118. The molecule has 0 amide bonds. The summed E-state index contributed by atoms with van der Waals surface area (Å²) in [6, 6.07) is 8.04. The van der Waals surface area contributed by atoms with Gasteiger partial charge in [-0.1, -0.05) is 23.7 Å². The summed E-state index contributed by atoms with van der Waals surface area (Å²) in [6.45, 7) is 2.07. The number of aromatic nitrogens is 4. The number of benzene rings is 1. The van der Waals surface area contributed by atoms with Crippen LogP contribution in [-0.4, -0.2) is 33.3 Å². The molecule has 0 saturated carbocycles. The molecule has 0 spiro atoms. The van der Waals surface area contributed by atoms with Gasteiger partial charge in [0.2, 0.25) is 0 Å². The molecule has 3 rings (SSSR count). The molecule has 0 radical (unpaired) electrons. The predicted molar refractivity (Wildman–Crippen MR) is 73.0 cm³/mol. The van der Waals surface area contributed by atoms with Gasteiger partial charge in [-0.25, -0.2) is 0 Å². The summed E-state index contributed by atoms with van der Waals surface area (Å²) in [5.41, 5.74) is 1.18. The summed E-state index contributed by atoms with van der Waals surface area (Å²) < 4.78 is 0. The minimum atomic E-state index is 0.118. The van der Waals surface area contributed by atoms with E-state index in [9.17, 15) is 0 Å². The highest BCUT2D eigenvalue weighted by Crippen LogP contribution is 2.30. The highest BCUT2D eigenvalue weighted by atomic mass is 35.5. The Kier molecular flexibility index (Phi) is 3.75. The number of piperidine rings is 1. The Hall–Kier alpha value is -1.46. The van der Waals surface area contributed by atoms with Gasteiger partial charge in [0.25, 0.3) is 0 Å². The quantitative estimate of drug-likeness (QED) is 0.931. The summed E-state index contributed by atoms with van der Waals surface area (Å²) in [6.07, 6.45) is 3.84. The maximum Gasteiger partial charge on any atom is 0.162 e. The van der Waals surface area contributed by atoms with Crippen LogP contribution in [-0.2, 0) is 0 Å². The molecule has 1 aliphatic heterocycles. The molecule has 1 aromatic carbocycles. The number of halogens is 1. The first-order chi connectivity index (χ1) is 9.34. The van der Waals surface area contributed by atoms with Gasteiger partial charge in [0.05, 0.1) is 0 Å². The Balaban J connectivity index is 1.93. The standard InChI is InChI=1S/C13H16ClN5/c14-12-5-3-10(4-6-12)13(19-17-9-16-18-19)11-2-1-7-15-8-11/h3-6,9,11,13,15H,1-2,7-8H2/t11-,13+/m1/s1. The zero-order valence-electron chi connectivity index (χ0n) is 10.5. The SMILES string of the molecule is Clc1ccc([C@@H]([C@@H]2CCCNC2)n2ncnn2)cc1. The molecular weight excluding hydrogens is 262 g/mol. The first-order valence-corrected chi connectivity index (χ1v) is 6.91. The van der Waals surface area contributed by atoms with Gasteiger partial charge in [0, 0.05) is 11.6 Å². The van der Waals surface area contributed by atoms with Crippen molar-refractivity contribution >= 4 is 11.6 Å². The predicted octanol–water partition coefficient (Wildman–Crippen LogP) is 1.92. The largest absolute Gasteiger partial charge is 0.316 e. The number of nitrogens with zero attached hydrogens (tertiary/aromatic N) is 4. The molecule has 0 bridgehead atoms. The Bertz CT molecular complexity index is 504. The van der Waals surface area contributed by atoms with Crippen molar-refractivity contribution in [3.63, 3.8) is 0 Å². The van der Waals surface area contributed by atoms with Gasteiger partial charge in [0.1, 0.15) is 6.04 Å². The van der Waals surface area contributed by atoms with Gasteiger partial charge in [-0.3, -0.25) is 0 Å². The van der Waals surface area contributed by atoms with Gasteiger partial charge in [-0.15, -0.1) is 10.2 Å². The monoisotopic (exact) mass is 277 g/mol. The zero-order chi connectivity index (χ0) is 13.1. The van der Waals surface area contributed by atoms with Crippen molar-refractivity contribution in [2.75, 3.05) is 13.1 Å². The van der Waals surface area contributed by atoms with E-state index in [1.807, 2.05) is 24.3 Å². The number of nitrogens with one attached hydrogen (secondary N) is 1. The van der Waals surface area contributed by atoms with Crippen molar-refractivity contribution < 1.29 is 0 Å². The lowest BCUT2D eigenvalue weighted by atomic mass is 9.87. The molecule has 100 valence electrons. The molecule has 1 saturated heterocycles. The van der Waals surface area contributed by atoms with Crippen LogP contribution in [0, 0.1) is 5.92 Å². The summed E-state index contributed by atoms with van der Waals surface area (Å²) >= 11 is 5.96. The molecular formula is C13H16ClN5. The van der Waals surface area contributed by atoms with E-state index in [0.29, 0.717) is 5.92 Å². The van der Waals surface area contributed by atoms with Crippen LogP contribution < -0.4 is 5.32 Å². The summed E-state index contributed by atoms with van der Waals surface area (Å²) in [4.78, 5) is 1.71. The lowest BCUT2D eigenvalue weighted by molar-refractivity contribution is 0.261. The van der Waals surface area contributed by atoms with Crippen molar-refractivity contribution in [3.8, 4) is 0 Å². The first-order valence-electron chi connectivity index (χ1n) is 6.53. The molecule has 5 nitrogen and oxygen atoms in total. The number of hydrogen-bond acceptors (Lipinski definition) is 4. The lowest BCUT2D eigenvalue weighted by Crippen LogP contribution is -2.36. The third-order valence-electron chi connectivity index (χ3n) is 3.61. The van der Waals surface area contributed by atoms with E-state index in [2.05, 4.69) is 20.7 Å². The Morgan fingerprint density at radius 3 is 2.79 bits per heavy atom. The van der Waals surface area contributed by atoms with Crippen LogP contribution in [0.4, 0.5) is 0 Å². The van der Waals surface area contributed by atoms with E-state index in [-0.39, 0.29) is 6.04 Å². The van der Waals surface area contributed by atoms with Gasteiger partial charge in [0.15, 0.2) is 6.33 Å². The fourth-order valence-electron chi connectivity index (χ4n) is 2.70. The Labute approximate surface area is 117 Å². The maximum atomic E-state index is 5.96. The van der Waals surface area contributed by atoms with Crippen LogP contribution in [0.5, 0.6) is 0 Å². The second-order valence-electron chi connectivity index (χ2n) is 4.86. The van der Waals surface area contributed by atoms with E-state index in [1.165, 1.54) is 24.7 Å². The molecule has 1 fully saturated rings. The third-order valence-corrected chi connectivity index (χ3v) is 3.86. The minimum Gasteiger partial charge on any atom is -0.316 e. The Morgan fingerprint density at radius 1 is 1.32 bits per heavy atom. The van der Waals surface area contributed by atoms with Crippen molar-refractivity contribution in [2.24, 2.45) is 5.92 Å². The Morgan fingerprint density at radius 2 is 2.16 bits per heavy atom. The normalized spacial score (nSPS) is 21.2. The summed E-state index contributed by atoms with van der Waals surface area (Å²) in [5, 5.41) is 16.3. The number of rotatable bonds is 3. The number of hydrogen-bond donors (Lipinski definition) is 1. The van der Waals surface area contributed by atoms with Crippen LogP contribution in [0.1, 0.15) is 24.4 Å². The van der Waals surface area contributed by atoms with Gasteiger partial charge in [-0.2, -0.15) is 4.80 Å². The molecule has 6 heteroatoms. The van der Waals surface area contributed by atoms with Crippen LogP contribution in [0.3, 0.4) is 0 Å². The van der Waals surface area contributed by atoms with E-state index < -0.39 is 0 Å². The first kappa shape index (κ1) is 12.6. The van der Waals surface area contributed by atoms with Crippen LogP contribution in [0.15, 0.2) is 30.6 Å². The fourth-order valence-corrected chi connectivity index (χ4v) is 2.83. The number of tetrazole rings is 1. The van der Waals surface area contributed by atoms with Gasteiger partial charge >= 0.3 is 0 Å². The van der Waals surface area contributed by atoms with Gasteiger partial charge < -0.3 is 5.32 Å². The van der Waals surface area contributed by atoms with Crippen LogP contribution in [0.25, 0.3) is 0 Å². The highest BCUT2D eigenvalue weighted by Gasteiger charge is 2.28. The van der Waals surface area contributed by atoms with E-state index in [4.69, 9.17) is 11.6 Å². The molecule has 2 atom stereocenters. The molecule has 1 aromatic heterocycles. The topological polar surface area (TPSA) is 55.6 Å². The second-order valence-corrected chi connectivity index (χ2v) is 5.30. The highest BCUT2D eigenvalue weighted by molar-refractivity contribution is 6.30. The zero-order valence-corrected chi connectivity index (χ0v) is 11.3. The van der Waals surface area contributed by atoms with E-state index >= 15 is 0 Å². The van der Waals surface area contributed by atoms with E-state index in [1.54, 1.807) is 4.80 Å². The van der Waals surface area contributed by atoms with Crippen molar-refractivity contribution in [1.82, 2.24) is 25.5 Å². The second kappa shape index (κ2) is 5.67. The molecule has 2 heterocycles. The fraction of sp³-hybridized carbons (Fsp3) is 0.462. The van der Waals surface area contributed by atoms with Crippen LogP contribution >= 0.6 is 11.6 Å². The molecule has 19 heavy (non-hydrogen) atoms. The average Bonchev–Trinajstić information content (AvgIpc) is 2.96. The smallest absolute Gasteiger partial charge is 0.162 e. The van der Waals surface area contributed by atoms with Crippen molar-refractivity contribution in [1.29, 1.82) is 0 Å².